The van der Waals surface area contributed by atoms with Crippen LogP contribution in [0.1, 0.15) is 37.3 Å². The average molecular weight is 457 g/mol. The van der Waals surface area contributed by atoms with Crippen LogP contribution in [0.2, 0.25) is 0 Å². The number of carbonyl (C=O) groups excluding carboxylic acids is 1. The fourth-order valence-corrected chi connectivity index (χ4v) is 4.15. The van der Waals surface area contributed by atoms with Crippen molar-refractivity contribution in [2.24, 2.45) is 0 Å². The number of piperazine rings is 1. The molecule has 7 nitrogen and oxygen atoms in total. The molecule has 0 N–H and O–H groups in total. The Morgan fingerprint density at radius 1 is 0.909 bits per heavy atom. The van der Waals surface area contributed by atoms with E-state index in [2.05, 4.69) is 24.8 Å². The van der Waals surface area contributed by atoms with Crippen molar-refractivity contribution in [2.75, 3.05) is 54.1 Å². The number of hydrogen-bond donors (Lipinski definition) is 0. The van der Waals surface area contributed by atoms with E-state index in [1.807, 2.05) is 35.2 Å². The lowest BCUT2D eigenvalue weighted by atomic mass is 9.98. The van der Waals surface area contributed by atoms with E-state index in [1.165, 1.54) is 0 Å². The molecule has 1 fully saturated rings. The molecule has 0 aromatic heterocycles. The van der Waals surface area contributed by atoms with Crippen molar-refractivity contribution in [3.63, 3.8) is 0 Å². The molecule has 3 rings (SSSR count). The van der Waals surface area contributed by atoms with Crippen molar-refractivity contribution in [3.05, 3.63) is 47.5 Å². The molecule has 1 atom stereocenters. The fraction of sp³-hybridized carbons (Fsp3) is 0.500. The van der Waals surface area contributed by atoms with Gasteiger partial charge in [-0.3, -0.25) is 9.69 Å². The van der Waals surface area contributed by atoms with Gasteiger partial charge in [-0.15, -0.1) is 0 Å². The fourth-order valence-electron chi connectivity index (χ4n) is 4.15. The van der Waals surface area contributed by atoms with Gasteiger partial charge >= 0.3 is 0 Å². The van der Waals surface area contributed by atoms with Crippen LogP contribution in [0.3, 0.4) is 0 Å². The summed E-state index contributed by atoms with van der Waals surface area (Å²) in [6.45, 7) is 8.02. The van der Waals surface area contributed by atoms with Crippen molar-refractivity contribution >= 4 is 5.91 Å². The van der Waals surface area contributed by atoms with Gasteiger partial charge in [-0.05, 0) is 30.0 Å². The third kappa shape index (κ3) is 5.90. The van der Waals surface area contributed by atoms with Gasteiger partial charge in [0.25, 0.3) is 5.91 Å². The Labute approximate surface area is 197 Å². The van der Waals surface area contributed by atoms with Gasteiger partial charge in [0.05, 0.1) is 21.3 Å². The summed E-state index contributed by atoms with van der Waals surface area (Å²) >= 11 is 0. The monoisotopic (exact) mass is 456 g/mol. The summed E-state index contributed by atoms with van der Waals surface area (Å²) in [6, 6.07) is 11.9. The summed E-state index contributed by atoms with van der Waals surface area (Å²) in [5.74, 6) is 3.15. The number of carbonyl (C=O) groups is 1. The number of methoxy groups -OCH3 is 3. The first-order chi connectivity index (χ1) is 16.0. The number of para-hydroxylation sites is 1. The second-order valence-corrected chi connectivity index (χ2v) is 8.29. The Balaban J connectivity index is 1.55. The van der Waals surface area contributed by atoms with E-state index in [9.17, 15) is 4.79 Å². The lowest BCUT2D eigenvalue weighted by Crippen LogP contribution is -2.49. The maximum atomic E-state index is 12.8. The molecule has 1 heterocycles. The zero-order valence-electron chi connectivity index (χ0n) is 20.4. The Morgan fingerprint density at radius 3 is 2.24 bits per heavy atom. The molecule has 0 saturated carbocycles. The SMILES string of the molecule is CCC(C)c1ccccc1OCC(=O)N1CCN(Cc2ccc(OC)c(OC)c2OC)CC1. The Morgan fingerprint density at radius 2 is 1.61 bits per heavy atom. The van der Waals surface area contributed by atoms with Crippen LogP contribution in [0.15, 0.2) is 36.4 Å². The molecule has 1 aliphatic rings. The van der Waals surface area contributed by atoms with Crippen LogP contribution < -0.4 is 18.9 Å². The molecule has 0 spiro atoms. The van der Waals surface area contributed by atoms with E-state index in [0.717, 1.165) is 36.4 Å². The van der Waals surface area contributed by atoms with Gasteiger partial charge in [-0.1, -0.05) is 38.1 Å². The number of hydrogen-bond acceptors (Lipinski definition) is 6. The molecule has 33 heavy (non-hydrogen) atoms. The number of ether oxygens (including phenoxy) is 4. The van der Waals surface area contributed by atoms with E-state index in [4.69, 9.17) is 18.9 Å². The van der Waals surface area contributed by atoms with E-state index in [0.29, 0.717) is 42.8 Å². The van der Waals surface area contributed by atoms with Gasteiger partial charge in [0.15, 0.2) is 18.1 Å². The van der Waals surface area contributed by atoms with Crippen molar-refractivity contribution in [2.45, 2.75) is 32.7 Å². The number of rotatable bonds is 10. The highest BCUT2D eigenvalue weighted by molar-refractivity contribution is 5.78. The second-order valence-electron chi connectivity index (χ2n) is 8.29. The van der Waals surface area contributed by atoms with Crippen LogP contribution in [0.5, 0.6) is 23.0 Å². The summed E-state index contributed by atoms with van der Waals surface area (Å²) in [4.78, 5) is 17.0. The molecular formula is C26H36N2O5. The van der Waals surface area contributed by atoms with Gasteiger partial charge in [0.2, 0.25) is 5.75 Å². The van der Waals surface area contributed by atoms with Crippen LogP contribution in [0.25, 0.3) is 0 Å². The summed E-state index contributed by atoms with van der Waals surface area (Å²) in [5, 5.41) is 0. The largest absolute Gasteiger partial charge is 0.493 e. The van der Waals surface area contributed by atoms with Crippen LogP contribution in [-0.4, -0.2) is 69.8 Å². The molecule has 1 aliphatic heterocycles. The third-order valence-electron chi connectivity index (χ3n) is 6.32. The van der Waals surface area contributed by atoms with Crippen molar-refractivity contribution in [1.29, 1.82) is 0 Å². The topological polar surface area (TPSA) is 60.5 Å². The summed E-state index contributed by atoms with van der Waals surface area (Å²) in [6.07, 6.45) is 1.03. The minimum Gasteiger partial charge on any atom is -0.493 e. The number of amides is 1. The molecule has 7 heteroatoms. The highest BCUT2D eigenvalue weighted by atomic mass is 16.5. The van der Waals surface area contributed by atoms with Crippen molar-refractivity contribution in [1.82, 2.24) is 9.80 Å². The molecule has 2 aromatic rings. The van der Waals surface area contributed by atoms with E-state index < -0.39 is 0 Å². The average Bonchev–Trinajstić information content (AvgIpc) is 2.86. The van der Waals surface area contributed by atoms with E-state index in [1.54, 1.807) is 21.3 Å². The number of nitrogens with zero attached hydrogens (tertiary/aromatic N) is 2. The molecule has 2 aromatic carbocycles. The smallest absolute Gasteiger partial charge is 0.260 e. The molecule has 0 bridgehead atoms. The van der Waals surface area contributed by atoms with E-state index in [-0.39, 0.29) is 12.5 Å². The predicted molar refractivity (Wildman–Crippen MR) is 129 cm³/mol. The standard InChI is InChI=1S/C26H36N2O5/c1-6-19(2)21-9-7-8-10-22(21)33-18-24(29)28-15-13-27(14-16-28)17-20-11-12-23(30-3)26(32-5)25(20)31-4/h7-12,19H,6,13-18H2,1-5H3. The first-order valence-electron chi connectivity index (χ1n) is 11.5. The minimum absolute atomic E-state index is 0.0253. The number of benzene rings is 2. The van der Waals surface area contributed by atoms with Crippen LogP contribution in [0.4, 0.5) is 0 Å². The van der Waals surface area contributed by atoms with Crippen LogP contribution in [-0.2, 0) is 11.3 Å². The van der Waals surface area contributed by atoms with Crippen molar-refractivity contribution in [3.8, 4) is 23.0 Å². The van der Waals surface area contributed by atoms with Gasteiger partial charge < -0.3 is 23.8 Å². The Bertz CT molecular complexity index is 925. The Hall–Kier alpha value is -2.93. The molecule has 1 saturated heterocycles. The molecule has 1 amide bonds. The van der Waals surface area contributed by atoms with Gasteiger partial charge in [-0.25, -0.2) is 0 Å². The lowest BCUT2D eigenvalue weighted by molar-refractivity contribution is -0.135. The molecule has 0 aliphatic carbocycles. The molecular weight excluding hydrogens is 420 g/mol. The summed E-state index contributed by atoms with van der Waals surface area (Å²) in [5.41, 5.74) is 2.18. The Kier molecular flexibility index (Phi) is 8.83. The highest BCUT2D eigenvalue weighted by Crippen LogP contribution is 2.40. The second kappa shape index (κ2) is 11.8. The summed E-state index contributed by atoms with van der Waals surface area (Å²) in [7, 11) is 4.86. The molecule has 180 valence electrons. The first-order valence-corrected chi connectivity index (χ1v) is 11.5. The maximum absolute atomic E-state index is 12.8. The minimum atomic E-state index is 0.0253. The first kappa shape index (κ1) is 24.7. The molecule has 1 unspecified atom stereocenters. The van der Waals surface area contributed by atoms with Gasteiger partial charge in [0.1, 0.15) is 5.75 Å². The summed E-state index contributed by atoms with van der Waals surface area (Å²) < 4.78 is 22.4. The van der Waals surface area contributed by atoms with Crippen LogP contribution >= 0.6 is 0 Å². The third-order valence-corrected chi connectivity index (χ3v) is 6.32. The van der Waals surface area contributed by atoms with E-state index >= 15 is 0 Å². The van der Waals surface area contributed by atoms with Gasteiger partial charge in [-0.2, -0.15) is 0 Å². The quantitative estimate of drug-likeness (QED) is 0.540. The normalized spacial score (nSPS) is 15.1. The maximum Gasteiger partial charge on any atom is 0.260 e. The zero-order chi connectivity index (χ0) is 23.8. The van der Waals surface area contributed by atoms with Crippen molar-refractivity contribution < 1.29 is 23.7 Å². The van der Waals surface area contributed by atoms with Gasteiger partial charge in [0, 0.05) is 38.3 Å². The zero-order valence-corrected chi connectivity index (χ0v) is 20.4. The van der Waals surface area contributed by atoms with Crippen LogP contribution in [0, 0.1) is 0 Å². The molecule has 0 radical (unpaired) electrons. The predicted octanol–water partition coefficient (Wildman–Crippen LogP) is 3.95. The highest BCUT2D eigenvalue weighted by Gasteiger charge is 2.24. The lowest BCUT2D eigenvalue weighted by Gasteiger charge is -2.35.